The van der Waals surface area contributed by atoms with Gasteiger partial charge in [0, 0.05) is 69.2 Å². The van der Waals surface area contributed by atoms with E-state index >= 15 is 0 Å². The minimum Gasteiger partial charge on any atom is -0.389 e. The second-order valence-corrected chi connectivity index (χ2v) is 12.7. The van der Waals surface area contributed by atoms with Gasteiger partial charge in [-0.15, -0.1) is 0 Å². The first-order valence-electron chi connectivity index (χ1n) is 14.5. The molecular weight excluding hydrogens is 478 g/mol. The topological polar surface area (TPSA) is 95.5 Å². The molecule has 2 aliphatic heterocycles. The van der Waals surface area contributed by atoms with Gasteiger partial charge in [0.05, 0.1) is 35.2 Å². The lowest BCUT2D eigenvalue weighted by Gasteiger charge is -2.51. The van der Waals surface area contributed by atoms with Crippen LogP contribution in [-0.4, -0.2) is 77.5 Å². The molecule has 9 heteroatoms. The lowest BCUT2D eigenvalue weighted by Crippen LogP contribution is -2.49. The fourth-order valence-electron chi connectivity index (χ4n) is 8.32. The second-order valence-electron chi connectivity index (χ2n) is 12.7. The van der Waals surface area contributed by atoms with Gasteiger partial charge in [0.1, 0.15) is 0 Å². The van der Waals surface area contributed by atoms with E-state index < -0.39 is 12.2 Å². The zero-order chi connectivity index (χ0) is 26.2. The fourth-order valence-corrected chi connectivity index (χ4v) is 8.32. The van der Waals surface area contributed by atoms with Crippen LogP contribution in [0.25, 0.3) is 11.0 Å². The predicted octanol–water partition coefficient (Wildman–Crippen LogP) is 2.72. The normalized spacial score (nSPS) is 31.8. The summed E-state index contributed by atoms with van der Waals surface area (Å²) in [4.78, 5) is 9.58. The van der Waals surface area contributed by atoms with Gasteiger partial charge in [-0.1, -0.05) is 6.42 Å². The van der Waals surface area contributed by atoms with Crippen molar-refractivity contribution in [2.75, 3.05) is 24.5 Å². The van der Waals surface area contributed by atoms with Crippen LogP contribution in [0.1, 0.15) is 61.2 Å². The van der Waals surface area contributed by atoms with Crippen LogP contribution in [0.15, 0.2) is 12.3 Å². The minimum atomic E-state index is -0.589. The van der Waals surface area contributed by atoms with E-state index in [0.29, 0.717) is 30.5 Å². The number of pyridine rings is 1. The molecule has 2 aliphatic carbocycles. The van der Waals surface area contributed by atoms with Crippen molar-refractivity contribution in [3.05, 3.63) is 34.9 Å². The molecule has 204 valence electrons. The van der Waals surface area contributed by atoms with Gasteiger partial charge in [-0.05, 0) is 63.4 Å². The number of aryl methyl sites for hydroxylation is 3. The number of fused-ring (bicyclic) bond motifs is 4. The van der Waals surface area contributed by atoms with E-state index in [1.165, 1.54) is 55.5 Å². The number of anilines is 1. The van der Waals surface area contributed by atoms with Crippen LogP contribution in [0, 0.1) is 25.2 Å². The van der Waals surface area contributed by atoms with Crippen molar-refractivity contribution in [1.29, 1.82) is 0 Å². The summed E-state index contributed by atoms with van der Waals surface area (Å²) in [6.07, 6.45) is 9.24. The summed E-state index contributed by atoms with van der Waals surface area (Å²) in [5.74, 6) is 0.662. The molecule has 38 heavy (non-hydrogen) atoms. The molecule has 5 atom stereocenters. The van der Waals surface area contributed by atoms with Gasteiger partial charge < -0.3 is 15.1 Å². The summed E-state index contributed by atoms with van der Waals surface area (Å²) in [5, 5.41) is 31.0. The Hall–Kier alpha value is -2.49. The van der Waals surface area contributed by atoms with Crippen LogP contribution in [-0.2, 0) is 26.6 Å². The van der Waals surface area contributed by atoms with E-state index in [0.717, 1.165) is 48.5 Å². The number of hydrogen-bond acceptors (Lipinski definition) is 7. The lowest BCUT2D eigenvalue weighted by molar-refractivity contribution is -0.00901. The van der Waals surface area contributed by atoms with Crippen molar-refractivity contribution in [3.8, 4) is 0 Å². The van der Waals surface area contributed by atoms with E-state index in [1.54, 1.807) is 0 Å². The first-order valence-corrected chi connectivity index (χ1v) is 14.5. The third-order valence-corrected chi connectivity index (χ3v) is 10.2. The highest BCUT2D eigenvalue weighted by Crippen LogP contribution is 2.51. The number of aromatic nitrogens is 5. The Bertz CT molecular complexity index is 1350. The zero-order valence-electron chi connectivity index (χ0n) is 23.0. The minimum absolute atomic E-state index is 0.323. The standard InChI is InChI=1S/C29H41N7O2/c1-18-11-25(21-13-30-33(3)28(21)31-18)34-10-7-24-22(14-34)19(2)32-36(24)17-29-8-4-5-20(12-29)23(6-9-29)35-15-26(37)27(38)16-35/h11,13,20,23,26-27,37-38H,4-10,12,14-17H2,1-3H3/t20?,23?,26-,27-,29?/m0/s1. The molecule has 0 radical (unpaired) electrons. The molecule has 2 N–H and O–H groups in total. The largest absolute Gasteiger partial charge is 0.389 e. The Labute approximate surface area is 224 Å². The molecule has 3 aromatic heterocycles. The molecule has 3 fully saturated rings. The van der Waals surface area contributed by atoms with Gasteiger partial charge in [0.2, 0.25) is 0 Å². The number of hydrogen-bond donors (Lipinski definition) is 2. The molecule has 5 heterocycles. The highest BCUT2D eigenvalue weighted by Gasteiger charge is 2.47. The number of nitrogens with zero attached hydrogens (tertiary/aromatic N) is 7. The maximum Gasteiger partial charge on any atom is 0.159 e. The molecule has 2 saturated carbocycles. The van der Waals surface area contributed by atoms with Gasteiger partial charge in [-0.3, -0.25) is 14.3 Å². The molecule has 0 spiro atoms. The van der Waals surface area contributed by atoms with Crippen molar-refractivity contribution in [2.24, 2.45) is 18.4 Å². The second kappa shape index (κ2) is 9.03. The molecule has 0 aromatic carbocycles. The number of β-amino-alcohol motifs (C(OH)–C–C–N with tert-alkyl or cyclic N) is 2. The first kappa shape index (κ1) is 24.5. The molecule has 9 nitrogen and oxygen atoms in total. The molecular formula is C29H41N7O2. The van der Waals surface area contributed by atoms with Crippen molar-refractivity contribution < 1.29 is 10.2 Å². The monoisotopic (exact) mass is 519 g/mol. The number of aliphatic hydroxyl groups is 2. The van der Waals surface area contributed by atoms with E-state index in [2.05, 4.69) is 39.5 Å². The third-order valence-electron chi connectivity index (χ3n) is 10.2. The Balaban J connectivity index is 1.11. The smallest absolute Gasteiger partial charge is 0.159 e. The SMILES string of the molecule is Cc1cc(N2CCc3c(c(C)nn3CC34CCCC(C3)C(N3C[C@H](O)[C@@H](O)C3)CC4)C2)c2cnn(C)c2n1. The molecule has 4 aliphatic rings. The third kappa shape index (κ3) is 3.97. The average Bonchev–Trinajstić information content (AvgIpc) is 3.53. The molecule has 1 saturated heterocycles. The fraction of sp³-hybridized carbons (Fsp3) is 0.690. The van der Waals surface area contributed by atoms with Gasteiger partial charge in [0.25, 0.3) is 0 Å². The van der Waals surface area contributed by atoms with Crippen molar-refractivity contribution in [1.82, 2.24) is 29.4 Å². The predicted molar refractivity (Wildman–Crippen MR) is 146 cm³/mol. The average molecular weight is 520 g/mol. The summed E-state index contributed by atoms with van der Waals surface area (Å²) in [5.41, 5.74) is 7.49. The van der Waals surface area contributed by atoms with E-state index in [-0.39, 0.29) is 0 Å². The van der Waals surface area contributed by atoms with Crippen LogP contribution < -0.4 is 4.90 Å². The molecule has 3 aromatic rings. The summed E-state index contributed by atoms with van der Waals surface area (Å²) in [7, 11) is 1.96. The van der Waals surface area contributed by atoms with E-state index in [9.17, 15) is 10.2 Å². The molecule has 7 rings (SSSR count). The van der Waals surface area contributed by atoms with Crippen LogP contribution in [0.3, 0.4) is 0 Å². The van der Waals surface area contributed by atoms with Gasteiger partial charge in [0.15, 0.2) is 5.65 Å². The van der Waals surface area contributed by atoms with Crippen molar-refractivity contribution in [3.63, 3.8) is 0 Å². The lowest BCUT2D eigenvalue weighted by atomic mass is 9.60. The Morgan fingerprint density at radius 3 is 2.74 bits per heavy atom. The van der Waals surface area contributed by atoms with Crippen molar-refractivity contribution in [2.45, 2.75) is 90.1 Å². The van der Waals surface area contributed by atoms with Gasteiger partial charge >= 0.3 is 0 Å². The summed E-state index contributed by atoms with van der Waals surface area (Å²) in [6.45, 7) is 8.38. The maximum absolute atomic E-state index is 10.1. The van der Waals surface area contributed by atoms with Crippen LogP contribution in [0.2, 0.25) is 0 Å². The zero-order valence-corrected chi connectivity index (χ0v) is 23.0. The van der Waals surface area contributed by atoms with Crippen LogP contribution >= 0.6 is 0 Å². The Kier molecular flexibility index (Phi) is 5.83. The van der Waals surface area contributed by atoms with Gasteiger partial charge in [-0.25, -0.2) is 4.98 Å². The van der Waals surface area contributed by atoms with E-state index in [1.807, 2.05) is 17.9 Å². The van der Waals surface area contributed by atoms with Crippen molar-refractivity contribution >= 4 is 16.7 Å². The molecule has 3 unspecified atom stereocenters. The Morgan fingerprint density at radius 1 is 1.11 bits per heavy atom. The number of likely N-dealkylation sites (tertiary alicyclic amines) is 1. The van der Waals surface area contributed by atoms with Crippen LogP contribution in [0.4, 0.5) is 5.69 Å². The van der Waals surface area contributed by atoms with Crippen LogP contribution in [0.5, 0.6) is 0 Å². The first-order chi connectivity index (χ1) is 18.3. The maximum atomic E-state index is 10.1. The number of aliphatic hydroxyl groups excluding tert-OH is 2. The summed E-state index contributed by atoms with van der Waals surface area (Å²) in [6, 6.07) is 2.71. The Morgan fingerprint density at radius 2 is 1.92 bits per heavy atom. The highest BCUT2D eigenvalue weighted by molar-refractivity contribution is 5.89. The highest BCUT2D eigenvalue weighted by atomic mass is 16.3. The summed E-state index contributed by atoms with van der Waals surface area (Å²) < 4.78 is 4.25. The molecule has 0 amide bonds. The summed E-state index contributed by atoms with van der Waals surface area (Å²) >= 11 is 0. The van der Waals surface area contributed by atoms with E-state index in [4.69, 9.17) is 10.1 Å². The van der Waals surface area contributed by atoms with Gasteiger partial charge in [-0.2, -0.15) is 10.2 Å². The molecule has 2 bridgehead atoms. The quantitative estimate of drug-likeness (QED) is 0.547. The number of rotatable bonds is 4.